The zero-order valence-electron chi connectivity index (χ0n) is 35.9. The minimum absolute atomic E-state index is 0.0277. The molecule has 4 aromatic carbocycles. The molecule has 5 N–H and O–H groups in total. The highest BCUT2D eigenvalue weighted by atomic mass is 16.6. The lowest BCUT2D eigenvalue weighted by Gasteiger charge is -2.31. The fraction of sp³-hybridized carbons (Fsp3) is 0.408. The summed E-state index contributed by atoms with van der Waals surface area (Å²) in [5.41, 5.74) is 14.0. The van der Waals surface area contributed by atoms with Gasteiger partial charge in [0, 0.05) is 25.3 Å². The molecular weight excluding hydrogens is 787 g/mol. The zero-order chi connectivity index (χ0) is 44.0. The van der Waals surface area contributed by atoms with E-state index in [0.29, 0.717) is 31.5 Å². The van der Waals surface area contributed by atoms with E-state index in [0.717, 1.165) is 57.3 Å². The number of rotatable bonds is 16. The maximum absolute atomic E-state index is 14.4. The van der Waals surface area contributed by atoms with Crippen LogP contribution in [0.1, 0.15) is 92.7 Å². The number of ether oxygens (including phenoxy) is 3. The Hall–Kier alpha value is -6.21. The van der Waals surface area contributed by atoms with Gasteiger partial charge in [-0.25, -0.2) is 9.59 Å². The number of nitrogens with two attached hydrogens (primary N) is 1. The van der Waals surface area contributed by atoms with Crippen LogP contribution < -0.4 is 26.6 Å². The first-order chi connectivity index (χ1) is 29.8. The summed E-state index contributed by atoms with van der Waals surface area (Å²) in [6.45, 7) is 8.17. The molecule has 4 aromatic rings. The quantitative estimate of drug-likeness (QED) is 0.0911. The second kappa shape index (κ2) is 19.2. The SMILES string of the molecule is C[C@@H](OCc1ccc(CCCNC(=O)OC(C)(C)C)cc1)[C@H](CCC(N)=O)NC(=O)[C@@H]1Cc2cccc3c2N1C(=O)[C@@H](NC(=O)OCC1c2ccccc2-c2ccccc21)CC3. The van der Waals surface area contributed by atoms with E-state index in [9.17, 15) is 24.0 Å². The van der Waals surface area contributed by atoms with Crippen molar-refractivity contribution in [1.29, 1.82) is 0 Å². The van der Waals surface area contributed by atoms with Crippen LogP contribution in [0.4, 0.5) is 15.3 Å². The number of nitrogens with zero attached hydrogens (tertiary/aromatic N) is 1. The molecule has 4 atom stereocenters. The molecule has 0 saturated heterocycles. The average molecular weight is 844 g/mol. The Balaban J connectivity index is 0.964. The van der Waals surface area contributed by atoms with E-state index in [1.165, 1.54) is 4.90 Å². The van der Waals surface area contributed by atoms with E-state index in [-0.39, 0.29) is 37.9 Å². The van der Waals surface area contributed by atoms with Gasteiger partial charge in [0.1, 0.15) is 24.3 Å². The molecule has 0 aromatic heterocycles. The Morgan fingerprint density at radius 1 is 0.855 bits per heavy atom. The molecule has 0 unspecified atom stereocenters. The molecule has 0 radical (unpaired) electrons. The van der Waals surface area contributed by atoms with Crippen molar-refractivity contribution in [3.05, 3.63) is 124 Å². The van der Waals surface area contributed by atoms with Gasteiger partial charge in [-0.3, -0.25) is 19.3 Å². The minimum atomic E-state index is -0.924. The third-order valence-corrected chi connectivity index (χ3v) is 11.8. The van der Waals surface area contributed by atoms with Gasteiger partial charge in [-0.2, -0.15) is 0 Å². The number of aryl methyl sites for hydroxylation is 2. The van der Waals surface area contributed by atoms with Gasteiger partial charge >= 0.3 is 12.2 Å². The second-order valence-corrected chi connectivity index (χ2v) is 17.4. The maximum atomic E-state index is 14.4. The lowest BCUT2D eigenvalue weighted by Crippen LogP contribution is -2.56. The number of hydrogen-bond acceptors (Lipinski definition) is 8. The van der Waals surface area contributed by atoms with E-state index in [1.807, 2.05) is 107 Å². The predicted octanol–water partition coefficient (Wildman–Crippen LogP) is 6.61. The Morgan fingerprint density at radius 3 is 2.19 bits per heavy atom. The van der Waals surface area contributed by atoms with Crippen molar-refractivity contribution in [1.82, 2.24) is 16.0 Å². The van der Waals surface area contributed by atoms with E-state index < -0.39 is 53.8 Å². The monoisotopic (exact) mass is 843 g/mol. The molecule has 0 spiro atoms. The number of para-hydroxylation sites is 1. The fourth-order valence-corrected chi connectivity index (χ4v) is 8.70. The summed E-state index contributed by atoms with van der Waals surface area (Å²) in [5, 5.41) is 8.72. The summed E-state index contributed by atoms with van der Waals surface area (Å²) < 4.78 is 17.4. The number of amides is 5. The Kier molecular flexibility index (Phi) is 13.6. The lowest BCUT2D eigenvalue weighted by atomic mass is 9.98. The molecule has 3 aliphatic rings. The smallest absolute Gasteiger partial charge is 0.407 e. The fourth-order valence-electron chi connectivity index (χ4n) is 8.70. The number of alkyl carbamates (subject to hydrolysis) is 2. The van der Waals surface area contributed by atoms with E-state index in [4.69, 9.17) is 19.9 Å². The van der Waals surface area contributed by atoms with Gasteiger partial charge in [-0.1, -0.05) is 91.0 Å². The van der Waals surface area contributed by atoms with Crippen LogP contribution in [0, 0.1) is 0 Å². The number of hydrogen-bond donors (Lipinski definition) is 4. The van der Waals surface area contributed by atoms with Crippen LogP contribution >= 0.6 is 0 Å². The molecule has 62 heavy (non-hydrogen) atoms. The molecule has 13 heteroatoms. The highest BCUT2D eigenvalue weighted by Gasteiger charge is 2.45. The Morgan fingerprint density at radius 2 is 1.52 bits per heavy atom. The van der Waals surface area contributed by atoms with E-state index >= 15 is 0 Å². The van der Waals surface area contributed by atoms with Gasteiger partial charge in [0.25, 0.3) is 0 Å². The van der Waals surface area contributed by atoms with E-state index in [2.05, 4.69) is 28.1 Å². The first-order valence-corrected chi connectivity index (χ1v) is 21.6. The molecule has 1 aliphatic carbocycles. The van der Waals surface area contributed by atoms with Crippen LogP contribution in [0.5, 0.6) is 0 Å². The standard InChI is InChI=1S/C49H57N5O8/c1-30(60-28-32-20-18-31(19-21-32)11-10-26-51-47(58)62-49(2,3)4)40(24-25-43(50)55)52-45(56)42-27-34-13-9-12-33-22-23-41(46(57)54(42)44(33)34)53-48(59)61-29-39-37-16-7-5-14-35(37)36-15-6-8-17-38(36)39/h5-9,12-21,30,39-42H,10-11,22-29H2,1-4H3,(H2,50,55)(H,51,58)(H,52,56)(H,53,59)/t30-,40+,41+,42+/m1/s1. The molecule has 0 saturated carbocycles. The molecule has 2 aliphatic heterocycles. The molecule has 326 valence electrons. The van der Waals surface area contributed by atoms with Gasteiger partial charge in [-0.05, 0) is 104 Å². The molecule has 7 rings (SSSR count). The number of benzene rings is 4. The van der Waals surface area contributed by atoms with Crippen LogP contribution in [-0.2, 0) is 54.5 Å². The van der Waals surface area contributed by atoms with Crippen LogP contribution in [-0.4, -0.2) is 72.9 Å². The molecule has 13 nitrogen and oxygen atoms in total. The average Bonchev–Trinajstić information content (AvgIpc) is 3.75. The highest BCUT2D eigenvalue weighted by molar-refractivity contribution is 6.07. The zero-order valence-corrected chi connectivity index (χ0v) is 35.9. The largest absolute Gasteiger partial charge is 0.449 e. The van der Waals surface area contributed by atoms with E-state index in [1.54, 1.807) is 0 Å². The van der Waals surface area contributed by atoms with Crippen molar-refractivity contribution < 1.29 is 38.2 Å². The van der Waals surface area contributed by atoms with Crippen molar-refractivity contribution >= 4 is 35.6 Å². The minimum Gasteiger partial charge on any atom is -0.449 e. The maximum Gasteiger partial charge on any atom is 0.407 e. The second-order valence-electron chi connectivity index (χ2n) is 17.4. The third-order valence-electron chi connectivity index (χ3n) is 11.8. The summed E-state index contributed by atoms with van der Waals surface area (Å²) >= 11 is 0. The summed E-state index contributed by atoms with van der Waals surface area (Å²) in [7, 11) is 0. The number of anilines is 1. The van der Waals surface area contributed by atoms with Gasteiger partial charge < -0.3 is 35.9 Å². The molecular formula is C49H57N5O8. The Labute approximate surface area is 363 Å². The predicted molar refractivity (Wildman–Crippen MR) is 235 cm³/mol. The third kappa shape index (κ3) is 10.4. The van der Waals surface area contributed by atoms with Crippen LogP contribution in [0.25, 0.3) is 11.1 Å². The van der Waals surface area contributed by atoms with Crippen molar-refractivity contribution in [2.24, 2.45) is 5.73 Å². The molecule has 5 amide bonds. The number of carbonyl (C=O) groups is 5. The number of nitrogens with one attached hydrogen (secondary N) is 3. The lowest BCUT2D eigenvalue weighted by molar-refractivity contribution is -0.128. The molecule has 0 bridgehead atoms. The van der Waals surface area contributed by atoms with Crippen LogP contribution in [0.15, 0.2) is 91.0 Å². The van der Waals surface area contributed by atoms with Gasteiger partial charge in [0.2, 0.25) is 17.7 Å². The van der Waals surface area contributed by atoms with Gasteiger partial charge in [-0.15, -0.1) is 0 Å². The first kappa shape index (κ1) is 43.9. The van der Waals surface area contributed by atoms with Crippen LogP contribution in [0.2, 0.25) is 0 Å². The van der Waals surface area contributed by atoms with Gasteiger partial charge in [0.05, 0.1) is 24.4 Å². The number of fused-ring (bicyclic) bond motifs is 3. The first-order valence-electron chi connectivity index (χ1n) is 21.6. The van der Waals surface area contributed by atoms with Crippen molar-refractivity contribution in [3.8, 4) is 11.1 Å². The summed E-state index contributed by atoms with van der Waals surface area (Å²) in [6, 6.07) is 27.6. The number of primary amides is 1. The van der Waals surface area contributed by atoms with Crippen molar-refractivity contribution in [2.45, 2.75) is 115 Å². The molecule has 2 heterocycles. The van der Waals surface area contributed by atoms with Crippen molar-refractivity contribution in [3.63, 3.8) is 0 Å². The summed E-state index contributed by atoms with van der Waals surface area (Å²) in [6.07, 6.45) is 1.29. The normalized spacial score (nSPS) is 17.5. The number of carbonyl (C=O) groups excluding carboxylic acids is 5. The summed E-state index contributed by atoms with van der Waals surface area (Å²) in [5.74, 6) is -1.42. The highest BCUT2D eigenvalue weighted by Crippen LogP contribution is 2.44. The summed E-state index contributed by atoms with van der Waals surface area (Å²) in [4.78, 5) is 67.6. The molecule has 0 fully saturated rings. The van der Waals surface area contributed by atoms with Crippen LogP contribution in [0.3, 0.4) is 0 Å². The Bertz CT molecular complexity index is 2240. The van der Waals surface area contributed by atoms with Crippen molar-refractivity contribution in [2.75, 3.05) is 18.1 Å². The van der Waals surface area contributed by atoms with Gasteiger partial charge in [0.15, 0.2) is 0 Å². The topological polar surface area (TPSA) is 178 Å².